The largest absolute Gasteiger partial charge is 0.342 e. The normalized spacial score (nSPS) is 27.5. The van der Waals surface area contributed by atoms with Gasteiger partial charge in [-0.3, -0.25) is 4.79 Å². The second kappa shape index (κ2) is 5.34. The van der Waals surface area contributed by atoms with Crippen LogP contribution in [0.4, 0.5) is 0 Å². The minimum Gasteiger partial charge on any atom is -0.342 e. The maximum absolute atomic E-state index is 12.2. The first-order valence-corrected chi connectivity index (χ1v) is 6.32. The first-order chi connectivity index (χ1) is 7.38. The van der Waals surface area contributed by atoms with Crippen LogP contribution in [0, 0.1) is 5.92 Å². The number of carbonyl (C=O) groups is 1. The topological polar surface area (TPSA) is 20.3 Å². The van der Waals surface area contributed by atoms with E-state index in [9.17, 15) is 4.79 Å². The van der Waals surface area contributed by atoms with Crippen molar-refractivity contribution in [2.45, 2.75) is 44.9 Å². The first kappa shape index (κ1) is 10.7. The van der Waals surface area contributed by atoms with Gasteiger partial charge in [0.2, 0.25) is 5.91 Å². The minimum atomic E-state index is 0.285. The average Bonchev–Trinajstić information content (AvgIpc) is 2.58. The highest BCUT2D eigenvalue weighted by Crippen LogP contribution is 2.22. The third kappa shape index (κ3) is 2.83. The molecule has 0 aromatic rings. The van der Waals surface area contributed by atoms with Crippen LogP contribution in [0.1, 0.15) is 44.9 Å². The van der Waals surface area contributed by atoms with Gasteiger partial charge in [-0.1, -0.05) is 25.0 Å². The van der Waals surface area contributed by atoms with Crippen molar-refractivity contribution < 1.29 is 4.79 Å². The molecule has 1 heterocycles. The van der Waals surface area contributed by atoms with E-state index in [1.807, 2.05) is 0 Å². The Morgan fingerprint density at radius 2 is 1.80 bits per heavy atom. The number of rotatable bonds is 1. The van der Waals surface area contributed by atoms with Crippen molar-refractivity contribution in [3.63, 3.8) is 0 Å². The zero-order chi connectivity index (χ0) is 10.5. The van der Waals surface area contributed by atoms with E-state index in [2.05, 4.69) is 17.1 Å². The van der Waals surface area contributed by atoms with E-state index in [1.54, 1.807) is 0 Å². The maximum atomic E-state index is 12.2. The molecule has 1 aliphatic heterocycles. The molecule has 2 rings (SSSR count). The second-order valence-corrected chi connectivity index (χ2v) is 4.72. The lowest BCUT2D eigenvalue weighted by atomic mass is 9.93. The molecule has 2 nitrogen and oxygen atoms in total. The highest BCUT2D eigenvalue weighted by atomic mass is 16.2. The van der Waals surface area contributed by atoms with E-state index in [4.69, 9.17) is 0 Å². The highest BCUT2D eigenvalue weighted by molar-refractivity contribution is 5.79. The Bertz CT molecular complexity index is 239. The molecule has 0 spiro atoms. The van der Waals surface area contributed by atoms with Gasteiger partial charge in [0, 0.05) is 19.0 Å². The van der Waals surface area contributed by atoms with Gasteiger partial charge in [-0.25, -0.2) is 0 Å². The van der Waals surface area contributed by atoms with E-state index in [1.165, 1.54) is 25.7 Å². The molecule has 1 fully saturated rings. The van der Waals surface area contributed by atoms with Crippen LogP contribution in [0.2, 0.25) is 0 Å². The molecule has 1 aliphatic carbocycles. The van der Waals surface area contributed by atoms with Gasteiger partial charge >= 0.3 is 0 Å². The number of allylic oxidation sites excluding steroid dienone is 2. The maximum Gasteiger partial charge on any atom is 0.226 e. The van der Waals surface area contributed by atoms with Gasteiger partial charge in [-0.2, -0.15) is 0 Å². The van der Waals surface area contributed by atoms with Gasteiger partial charge in [-0.05, 0) is 32.1 Å². The lowest BCUT2D eigenvalue weighted by Crippen LogP contribution is -2.37. The summed E-state index contributed by atoms with van der Waals surface area (Å²) in [5, 5.41) is 0. The van der Waals surface area contributed by atoms with Gasteiger partial charge in [0.1, 0.15) is 0 Å². The minimum absolute atomic E-state index is 0.285. The van der Waals surface area contributed by atoms with Crippen molar-refractivity contribution in [1.82, 2.24) is 4.90 Å². The Balaban J connectivity index is 1.90. The number of likely N-dealkylation sites (tertiary alicyclic amines) is 1. The fourth-order valence-electron chi connectivity index (χ4n) is 2.57. The van der Waals surface area contributed by atoms with Crippen LogP contribution in [0.25, 0.3) is 0 Å². The van der Waals surface area contributed by atoms with Crippen LogP contribution >= 0.6 is 0 Å². The molecule has 15 heavy (non-hydrogen) atoms. The Morgan fingerprint density at radius 3 is 2.40 bits per heavy atom. The number of amides is 1. The van der Waals surface area contributed by atoms with Crippen molar-refractivity contribution in [1.29, 1.82) is 0 Å². The molecule has 0 bridgehead atoms. The van der Waals surface area contributed by atoms with Crippen LogP contribution in [-0.4, -0.2) is 23.9 Å². The summed E-state index contributed by atoms with van der Waals surface area (Å²) in [6.45, 7) is 2.00. The Hall–Kier alpha value is -0.790. The molecule has 0 N–H and O–H groups in total. The van der Waals surface area contributed by atoms with Crippen molar-refractivity contribution in [3.05, 3.63) is 12.2 Å². The molecule has 0 aromatic carbocycles. The summed E-state index contributed by atoms with van der Waals surface area (Å²) in [6, 6.07) is 0. The van der Waals surface area contributed by atoms with Crippen LogP contribution in [-0.2, 0) is 4.79 Å². The molecule has 2 heteroatoms. The molecule has 84 valence electrons. The summed E-state index contributed by atoms with van der Waals surface area (Å²) < 4.78 is 0. The quantitative estimate of drug-likeness (QED) is 0.605. The average molecular weight is 207 g/mol. The number of hydrogen-bond acceptors (Lipinski definition) is 1. The summed E-state index contributed by atoms with van der Waals surface area (Å²) in [5.74, 6) is 0.703. The lowest BCUT2D eigenvalue weighted by molar-refractivity contribution is -0.135. The lowest BCUT2D eigenvalue weighted by Gasteiger charge is -2.26. The van der Waals surface area contributed by atoms with E-state index in [-0.39, 0.29) is 5.92 Å². The zero-order valence-corrected chi connectivity index (χ0v) is 9.45. The standard InChI is InChI=1S/C13H21NO/c15-13(12-8-4-3-5-9-12)14-10-6-1-2-7-11-14/h3-4,12H,1-2,5-11H2/t12-/m0/s1. The second-order valence-electron chi connectivity index (χ2n) is 4.72. The number of hydrogen-bond donors (Lipinski definition) is 0. The molecule has 0 aromatic heterocycles. The van der Waals surface area contributed by atoms with Crippen molar-refractivity contribution in [3.8, 4) is 0 Å². The van der Waals surface area contributed by atoms with E-state index >= 15 is 0 Å². The zero-order valence-electron chi connectivity index (χ0n) is 9.45. The summed E-state index contributed by atoms with van der Waals surface area (Å²) in [4.78, 5) is 14.3. The Labute approximate surface area is 92.3 Å². The summed E-state index contributed by atoms with van der Waals surface area (Å²) in [7, 11) is 0. The van der Waals surface area contributed by atoms with Gasteiger partial charge in [-0.15, -0.1) is 0 Å². The molecule has 0 saturated carbocycles. The number of carbonyl (C=O) groups excluding carboxylic acids is 1. The van der Waals surface area contributed by atoms with E-state index in [0.29, 0.717) is 5.91 Å². The summed E-state index contributed by atoms with van der Waals surface area (Å²) in [5.41, 5.74) is 0. The molecule has 1 saturated heterocycles. The van der Waals surface area contributed by atoms with E-state index < -0.39 is 0 Å². The fraction of sp³-hybridized carbons (Fsp3) is 0.769. The van der Waals surface area contributed by atoms with Crippen molar-refractivity contribution in [2.75, 3.05) is 13.1 Å². The SMILES string of the molecule is O=C([C@H]1CC=CCC1)N1CCCCCC1. The molecule has 2 aliphatic rings. The molecular formula is C13H21NO. The molecule has 1 amide bonds. The molecule has 1 atom stereocenters. The third-order valence-electron chi connectivity index (χ3n) is 3.54. The van der Waals surface area contributed by atoms with Gasteiger partial charge in [0.15, 0.2) is 0 Å². The van der Waals surface area contributed by atoms with Gasteiger partial charge in [0.05, 0.1) is 0 Å². The Morgan fingerprint density at radius 1 is 1.07 bits per heavy atom. The van der Waals surface area contributed by atoms with Crippen LogP contribution < -0.4 is 0 Å². The van der Waals surface area contributed by atoms with Crippen LogP contribution in [0.3, 0.4) is 0 Å². The van der Waals surface area contributed by atoms with Gasteiger partial charge < -0.3 is 4.90 Å². The smallest absolute Gasteiger partial charge is 0.226 e. The monoisotopic (exact) mass is 207 g/mol. The first-order valence-electron chi connectivity index (χ1n) is 6.32. The molecular weight excluding hydrogens is 186 g/mol. The van der Waals surface area contributed by atoms with Crippen molar-refractivity contribution in [2.24, 2.45) is 5.92 Å². The van der Waals surface area contributed by atoms with Crippen molar-refractivity contribution >= 4 is 5.91 Å². The van der Waals surface area contributed by atoms with E-state index in [0.717, 1.165) is 32.4 Å². The van der Waals surface area contributed by atoms with Crippen LogP contribution in [0.5, 0.6) is 0 Å². The number of nitrogens with zero attached hydrogens (tertiary/aromatic N) is 1. The summed E-state index contributed by atoms with van der Waals surface area (Å²) >= 11 is 0. The Kier molecular flexibility index (Phi) is 3.81. The third-order valence-corrected chi connectivity index (χ3v) is 3.54. The molecule has 0 radical (unpaired) electrons. The highest BCUT2D eigenvalue weighted by Gasteiger charge is 2.24. The molecule has 0 unspecified atom stereocenters. The fourth-order valence-corrected chi connectivity index (χ4v) is 2.57. The van der Waals surface area contributed by atoms with Crippen LogP contribution in [0.15, 0.2) is 12.2 Å². The summed E-state index contributed by atoms with van der Waals surface area (Å²) in [6.07, 6.45) is 12.5. The predicted molar refractivity (Wildman–Crippen MR) is 61.5 cm³/mol. The van der Waals surface area contributed by atoms with Gasteiger partial charge in [0.25, 0.3) is 0 Å². The predicted octanol–water partition coefficient (Wildman–Crippen LogP) is 2.75.